The highest BCUT2D eigenvalue weighted by Crippen LogP contribution is 2.32. The molecule has 238 valence electrons. The highest BCUT2D eigenvalue weighted by atomic mass is 19.2. The molecule has 0 spiro atoms. The topological polar surface area (TPSA) is 117 Å². The van der Waals surface area contributed by atoms with E-state index < -0.39 is 52.7 Å². The van der Waals surface area contributed by atoms with E-state index >= 15 is 8.78 Å². The van der Waals surface area contributed by atoms with Gasteiger partial charge >= 0.3 is 5.97 Å². The third-order valence-electron chi connectivity index (χ3n) is 8.38. The largest absolute Gasteiger partial charge is 0.481 e. The zero-order valence-electron chi connectivity index (χ0n) is 24.3. The van der Waals surface area contributed by atoms with Crippen LogP contribution in [0.4, 0.5) is 29.3 Å². The molecule has 3 aromatic rings. The molecule has 2 N–H and O–H groups in total. The number of oxazole rings is 1. The van der Waals surface area contributed by atoms with Gasteiger partial charge in [-0.15, -0.1) is 0 Å². The minimum Gasteiger partial charge on any atom is -0.481 e. The van der Waals surface area contributed by atoms with Gasteiger partial charge in [0.05, 0.1) is 38.2 Å². The maximum atomic E-state index is 15.6. The summed E-state index contributed by atoms with van der Waals surface area (Å²) in [6, 6.07) is 2.90. The molecule has 1 saturated carbocycles. The van der Waals surface area contributed by atoms with Gasteiger partial charge in [0.1, 0.15) is 0 Å². The first-order valence-electron chi connectivity index (χ1n) is 14.4. The monoisotopic (exact) mass is 622 g/mol. The van der Waals surface area contributed by atoms with Crippen molar-refractivity contribution in [3.8, 4) is 0 Å². The molecular weight excluding hydrogens is 588 g/mol. The van der Waals surface area contributed by atoms with Gasteiger partial charge in [0.15, 0.2) is 34.4 Å². The Kier molecular flexibility index (Phi) is 9.71. The lowest BCUT2D eigenvalue weighted by Gasteiger charge is -2.34. The van der Waals surface area contributed by atoms with Gasteiger partial charge in [0.2, 0.25) is 5.91 Å². The maximum Gasteiger partial charge on any atom is 0.306 e. The quantitative estimate of drug-likeness (QED) is 0.220. The number of carboxylic acids is 1. The van der Waals surface area contributed by atoms with Gasteiger partial charge in [-0.05, 0) is 56.7 Å². The first-order valence-corrected chi connectivity index (χ1v) is 14.4. The number of ether oxygens (including phenoxy) is 1. The second-order valence-electron chi connectivity index (χ2n) is 11.3. The molecule has 1 amide bonds. The van der Waals surface area contributed by atoms with Crippen molar-refractivity contribution in [1.82, 2.24) is 14.9 Å². The fourth-order valence-electron chi connectivity index (χ4n) is 6.00. The summed E-state index contributed by atoms with van der Waals surface area (Å²) in [6.45, 7) is 0.623. The van der Waals surface area contributed by atoms with E-state index in [0.717, 1.165) is 18.2 Å². The maximum absolute atomic E-state index is 15.6. The summed E-state index contributed by atoms with van der Waals surface area (Å²) in [4.78, 5) is 35.8. The number of hydroxylamine groups is 2. The van der Waals surface area contributed by atoms with Crippen LogP contribution in [0.15, 0.2) is 28.7 Å². The molecule has 5 rings (SSSR count). The van der Waals surface area contributed by atoms with E-state index in [2.05, 4.69) is 10.3 Å². The minimum absolute atomic E-state index is 0.0518. The molecule has 0 bridgehead atoms. The summed E-state index contributed by atoms with van der Waals surface area (Å²) in [7, 11) is 3.24. The molecule has 10 nitrogen and oxygen atoms in total. The van der Waals surface area contributed by atoms with Crippen LogP contribution in [0.5, 0.6) is 0 Å². The lowest BCUT2D eigenvalue weighted by Crippen LogP contribution is -2.48. The number of rotatable bonds is 11. The Balaban J connectivity index is 1.32. The minimum atomic E-state index is -1.13. The first-order chi connectivity index (χ1) is 21.0. The molecule has 1 aromatic heterocycles. The van der Waals surface area contributed by atoms with E-state index in [1.54, 1.807) is 17.0 Å². The Hall–Kier alpha value is -3.75. The third kappa shape index (κ3) is 6.97. The second kappa shape index (κ2) is 13.5. The number of nitrogens with one attached hydrogen (secondary N) is 1. The number of aromatic nitrogens is 1. The summed E-state index contributed by atoms with van der Waals surface area (Å²) < 4.78 is 69.0. The number of halogens is 4. The fourth-order valence-corrected chi connectivity index (χ4v) is 6.00. The van der Waals surface area contributed by atoms with Crippen molar-refractivity contribution in [3.05, 3.63) is 53.1 Å². The highest BCUT2D eigenvalue weighted by molar-refractivity contribution is 5.83. The number of likely N-dealkylation sites (tertiary alicyclic amines) is 1. The number of fused-ring (bicyclic) bond motifs is 1. The summed E-state index contributed by atoms with van der Waals surface area (Å²) in [5.74, 6) is -5.68. The van der Waals surface area contributed by atoms with Gasteiger partial charge < -0.3 is 29.3 Å². The number of aliphatic carboxylic acids is 1. The number of carboxylic acid groups (broad SMARTS) is 1. The molecule has 44 heavy (non-hydrogen) atoms. The van der Waals surface area contributed by atoms with E-state index in [-0.39, 0.29) is 48.0 Å². The fraction of sp³-hybridized carbons (Fsp3) is 0.500. The molecule has 14 heteroatoms. The normalized spacial score (nSPS) is 22.2. The number of anilines is 2. The summed E-state index contributed by atoms with van der Waals surface area (Å²) in [6.07, 6.45) is 3.00. The summed E-state index contributed by atoms with van der Waals surface area (Å²) in [5.41, 5.74) is -1.12. The van der Waals surface area contributed by atoms with Crippen LogP contribution in [0, 0.1) is 29.2 Å². The zero-order chi connectivity index (χ0) is 31.5. The van der Waals surface area contributed by atoms with Crippen molar-refractivity contribution in [2.75, 3.05) is 32.6 Å². The lowest BCUT2D eigenvalue weighted by molar-refractivity contribution is -0.146. The Morgan fingerprint density at radius 1 is 1.05 bits per heavy atom. The van der Waals surface area contributed by atoms with Crippen LogP contribution < -0.4 is 5.32 Å². The summed E-state index contributed by atoms with van der Waals surface area (Å²) >= 11 is 0. The molecule has 2 fully saturated rings. The lowest BCUT2D eigenvalue weighted by atomic mass is 9.87. The van der Waals surface area contributed by atoms with E-state index in [0.29, 0.717) is 45.1 Å². The molecule has 2 aromatic carbocycles. The molecule has 1 aliphatic heterocycles. The molecule has 1 aliphatic carbocycles. The second-order valence-corrected chi connectivity index (χ2v) is 11.3. The van der Waals surface area contributed by atoms with E-state index in [4.69, 9.17) is 14.0 Å². The predicted molar refractivity (Wildman–Crippen MR) is 150 cm³/mol. The molecule has 2 atom stereocenters. The van der Waals surface area contributed by atoms with Gasteiger partial charge in [-0.25, -0.2) is 17.6 Å². The van der Waals surface area contributed by atoms with Gasteiger partial charge in [-0.2, -0.15) is 10.0 Å². The van der Waals surface area contributed by atoms with Gasteiger partial charge in [-0.3, -0.25) is 9.59 Å². The van der Waals surface area contributed by atoms with Crippen LogP contribution in [0.25, 0.3) is 11.1 Å². The number of carbonyl (C=O) groups excluding carboxylic acids is 1. The van der Waals surface area contributed by atoms with E-state index in [1.165, 1.54) is 13.2 Å². The number of hydrogen-bond donors (Lipinski definition) is 2. The van der Waals surface area contributed by atoms with Crippen molar-refractivity contribution < 1.29 is 46.2 Å². The average Bonchev–Trinajstić information content (AvgIpc) is 3.61. The van der Waals surface area contributed by atoms with Crippen LogP contribution >= 0.6 is 0 Å². The van der Waals surface area contributed by atoms with Gasteiger partial charge in [0.25, 0.3) is 6.01 Å². The van der Waals surface area contributed by atoms with E-state index in [1.807, 2.05) is 0 Å². The van der Waals surface area contributed by atoms with Crippen molar-refractivity contribution in [2.24, 2.45) is 5.92 Å². The van der Waals surface area contributed by atoms with Crippen molar-refractivity contribution in [2.45, 2.75) is 63.1 Å². The van der Waals surface area contributed by atoms with Crippen LogP contribution in [0.1, 0.15) is 44.1 Å². The molecule has 2 heterocycles. The standard InChI is InChI=1S/C30H34F4N4O6/c1-37(42-2)14-19-6-7-20(15-43-21-8-3-16(4-9-21)29(40)41)38(19)25(39)12-17-11-24(33)27-28(26(17)34)44-30(36-27)35-18-5-10-22(31)23(32)13-18/h5,10-11,13,16,19-21H,3-4,6-9,12,14-15H2,1-2H3,(H,35,36)(H,40,41)/t16?,19-,20-,21?/m0/s1. The number of carbonyl (C=O) groups is 2. The number of hydrogen-bond acceptors (Lipinski definition) is 8. The first kappa shape index (κ1) is 31.7. The smallest absolute Gasteiger partial charge is 0.306 e. The van der Waals surface area contributed by atoms with Crippen molar-refractivity contribution in [1.29, 1.82) is 0 Å². The number of nitrogens with zero attached hydrogens (tertiary/aromatic N) is 3. The van der Waals surface area contributed by atoms with Crippen molar-refractivity contribution >= 4 is 34.7 Å². The molecule has 2 aliphatic rings. The van der Waals surface area contributed by atoms with Crippen LogP contribution in [0.2, 0.25) is 0 Å². The van der Waals surface area contributed by atoms with Crippen LogP contribution in [-0.2, 0) is 25.6 Å². The number of benzene rings is 2. The summed E-state index contributed by atoms with van der Waals surface area (Å²) in [5, 5.41) is 13.4. The molecule has 1 saturated heterocycles. The Labute approximate surface area is 250 Å². The predicted octanol–water partition coefficient (Wildman–Crippen LogP) is 5.18. The zero-order valence-corrected chi connectivity index (χ0v) is 24.3. The molecule has 0 unspecified atom stereocenters. The average molecular weight is 623 g/mol. The van der Waals surface area contributed by atoms with Gasteiger partial charge in [0, 0.05) is 37.0 Å². The molecular formula is C30H34F4N4O6. The number of likely N-dealkylation sites (N-methyl/N-ethyl adjacent to an activating group) is 1. The Morgan fingerprint density at radius 3 is 2.45 bits per heavy atom. The highest BCUT2D eigenvalue weighted by Gasteiger charge is 2.39. The van der Waals surface area contributed by atoms with Gasteiger partial charge in [-0.1, -0.05) is 0 Å². The van der Waals surface area contributed by atoms with Crippen LogP contribution in [0.3, 0.4) is 0 Å². The third-order valence-corrected chi connectivity index (χ3v) is 8.38. The number of amides is 1. The Bertz CT molecular complexity index is 1510. The van der Waals surface area contributed by atoms with Crippen LogP contribution in [-0.4, -0.2) is 77.4 Å². The molecule has 0 radical (unpaired) electrons. The van der Waals surface area contributed by atoms with Crippen molar-refractivity contribution in [3.63, 3.8) is 0 Å². The Morgan fingerprint density at radius 2 is 1.77 bits per heavy atom. The SMILES string of the molecule is CON(C)C[C@@H]1CC[C@@H](COC2CCC(C(=O)O)CC2)N1C(=O)Cc1cc(F)c2nc(Nc3ccc(F)c(F)c3)oc2c1F. The van der Waals surface area contributed by atoms with E-state index in [9.17, 15) is 23.5 Å².